The fraction of sp³-hybridized carbons (Fsp3) is 0.923. The Balaban J connectivity index is 2.67. The largest absolute Gasteiger partial charge is 0.459 e. The Bertz CT molecular complexity index is 262. The molecular weight excluding hydrogens is 218 g/mol. The first-order valence-corrected chi connectivity index (χ1v) is 6.35. The quantitative estimate of drug-likeness (QED) is 0.766. The molecule has 17 heavy (non-hydrogen) atoms. The third-order valence-electron chi connectivity index (χ3n) is 2.70. The minimum atomic E-state index is -0.641. The summed E-state index contributed by atoms with van der Waals surface area (Å²) >= 11 is 0. The highest BCUT2D eigenvalue weighted by molar-refractivity contribution is 5.81. The van der Waals surface area contributed by atoms with Gasteiger partial charge >= 0.3 is 5.97 Å². The number of hydrogen-bond acceptors (Lipinski definition) is 4. The summed E-state index contributed by atoms with van der Waals surface area (Å²) in [5, 5.41) is 3.25. The van der Waals surface area contributed by atoms with Crippen LogP contribution in [0.3, 0.4) is 0 Å². The molecule has 0 aromatic carbocycles. The molecule has 1 N–H and O–H groups in total. The number of carbonyl (C=O) groups is 1. The first-order chi connectivity index (χ1) is 7.75. The van der Waals surface area contributed by atoms with E-state index in [-0.39, 0.29) is 12.1 Å². The van der Waals surface area contributed by atoms with Crippen LogP contribution in [0.4, 0.5) is 0 Å². The van der Waals surface area contributed by atoms with Gasteiger partial charge in [-0.1, -0.05) is 0 Å². The van der Waals surface area contributed by atoms with Crippen molar-refractivity contribution in [1.82, 2.24) is 5.32 Å². The monoisotopic (exact) mass is 243 g/mol. The van der Waals surface area contributed by atoms with E-state index >= 15 is 0 Å². The molecule has 0 radical (unpaired) electrons. The van der Waals surface area contributed by atoms with Gasteiger partial charge in [0.15, 0.2) is 0 Å². The molecule has 1 aliphatic rings. The number of esters is 1. The maximum Gasteiger partial charge on any atom is 0.329 e. The maximum absolute atomic E-state index is 12.2. The molecule has 0 saturated carbocycles. The summed E-state index contributed by atoms with van der Waals surface area (Å²) in [4.78, 5) is 12.2. The number of nitrogens with one attached hydrogen (secondary N) is 1. The van der Waals surface area contributed by atoms with Crippen molar-refractivity contribution in [2.45, 2.75) is 64.7 Å². The molecule has 0 aliphatic carbocycles. The van der Waals surface area contributed by atoms with Crippen molar-refractivity contribution in [3.05, 3.63) is 0 Å². The summed E-state index contributed by atoms with van der Waals surface area (Å²) in [6.07, 6.45) is 1.90. The van der Waals surface area contributed by atoms with Gasteiger partial charge in [0, 0.05) is 0 Å². The summed E-state index contributed by atoms with van der Waals surface area (Å²) in [5.41, 5.74) is -1.09. The summed E-state index contributed by atoms with van der Waals surface area (Å²) in [7, 11) is 0. The average Bonchev–Trinajstić information content (AvgIpc) is 2.61. The van der Waals surface area contributed by atoms with Gasteiger partial charge in [-0.3, -0.25) is 5.32 Å². The predicted octanol–water partition coefficient (Wildman–Crippen LogP) is 1.88. The zero-order valence-electron chi connectivity index (χ0n) is 11.6. The van der Waals surface area contributed by atoms with E-state index in [9.17, 15) is 4.79 Å². The van der Waals surface area contributed by atoms with E-state index in [0.717, 1.165) is 19.4 Å². The molecule has 0 spiro atoms. The van der Waals surface area contributed by atoms with Crippen LogP contribution < -0.4 is 5.32 Å². The third kappa shape index (κ3) is 4.28. The van der Waals surface area contributed by atoms with Gasteiger partial charge in [0.25, 0.3) is 0 Å². The summed E-state index contributed by atoms with van der Waals surface area (Å²) < 4.78 is 11.1. The van der Waals surface area contributed by atoms with E-state index in [1.165, 1.54) is 0 Å². The van der Waals surface area contributed by atoms with Crippen molar-refractivity contribution in [2.75, 3.05) is 13.2 Å². The summed E-state index contributed by atoms with van der Waals surface area (Å²) in [5.74, 6) is -0.192. The molecule has 1 heterocycles. The van der Waals surface area contributed by atoms with Crippen LogP contribution in [0.2, 0.25) is 0 Å². The van der Waals surface area contributed by atoms with Crippen molar-refractivity contribution in [1.29, 1.82) is 0 Å². The number of ether oxygens (including phenoxy) is 2. The van der Waals surface area contributed by atoms with Gasteiger partial charge in [-0.05, 0) is 54.0 Å². The smallest absolute Gasteiger partial charge is 0.329 e. The minimum Gasteiger partial charge on any atom is -0.459 e. The topological polar surface area (TPSA) is 47.6 Å². The van der Waals surface area contributed by atoms with Crippen molar-refractivity contribution < 1.29 is 14.3 Å². The van der Waals surface area contributed by atoms with Crippen LogP contribution >= 0.6 is 0 Å². The van der Waals surface area contributed by atoms with Crippen LogP contribution in [-0.2, 0) is 14.3 Å². The standard InChI is InChI=1S/C13H25NO3/c1-10(2)16-9-13(7-6-8-14-13)11(15)17-12(3,4)5/h10,14H,6-9H2,1-5H3/t13-/m0/s1. The van der Waals surface area contributed by atoms with Gasteiger partial charge in [-0.2, -0.15) is 0 Å². The molecule has 0 aromatic heterocycles. The van der Waals surface area contributed by atoms with Crippen LogP contribution in [0.5, 0.6) is 0 Å². The fourth-order valence-corrected chi connectivity index (χ4v) is 1.85. The van der Waals surface area contributed by atoms with Crippen LogP contribution in [0, 0.1) is 0 Å². The minimum absolute atomic E-state index is 0.122. The van der Waals surface area contributed by atoms with Gasteiger partial charge < -0.3 is 9.47 Å². The molecule has 1 saturated heterocycles. The lowest BCUT2D eigenvalue weighted by Gasteiger charge is -2.31. The Morgan fingerprint density at radius 3 is 2.47 bits per heavy atom. The number of carbonyl (C=O) groups excluding carboxylic acids is 1. The normalized spacial score (nSPS) is 25.3. The maximum atomic E-state index is 12.2. The van der Waals surface area contributed by atoms with Crippen molar-refractivity contribution in [2.24, 2.45) is 0 Å². The molecular formula is C13H25NO3. The number of rotatable bonds is 4. The van der Waals surface area contributed by atoms with Gasteiger partial charge in [0.05, 0.1) is 12.7 Å². The predicted molar refractivity (Wildman–Crippen MR) is 66.9 cm³/mol. The van der Waals surface area contributed by atoms with Crippen LogP contribution in [-0.4, -0.2) is 36.4 Å². The fourth-order valence-electron chi connectivity index (χ4n) is 1.85. The van der Waals surface area contributed by atoms with Crippen LogP contribution in [0.15, 0.2) is 0 Å². The third-order valence-corrected chi connectivity index (χ3v) is 2.70. The molecule has 100 valence electrons. The highest BCUT2D eigenvalue weighted by atomic mass is 16.6. The van der Waals surface area contributed by atoms with Gasteiger partial charge in [-0.25, -0.2) is 4.79 Å². The van der Waals surface area contributed by atoms with Crippen LogP contribution in [0.25, 0.3) is 0 Å². The van der Waals surface area contributed by atoms with Crippen molar-refractivity contribution >= 4 is 5.97 Å². The lowest BCUT2D eigenvalue weighted by Crippen LogP contribution is -2.54. The first-order valence-electron chi connectivity index (χ1n) is 6.35. The molecule has 1 aliphatic heterocycles. The zero-order chi connectivity index (χ0) is 13.1. The van der Waals surface area contributed by atoms with Gasteiger partial charge in [0.1, 0.15) is 11.1 Å². The van der Waals surface area contributed by atoms with E-state index in [0.29, 0.717) is 6.61 Å². The molecule has 1 atom stereocenters. The zero-order valence-corrected chi connectivity index (χ0v) is 11.6. The van der Waals surface area contributed by atoms with Crippen molar-refractivity contribution in [3.63, 3.8) is 0 Å². The second kappa shape index (κ2) is 5.36. The Morgan fingerprint density at radius 2 is 2.06 bits per heavy atom. The average molecular weight is 243 g/mol. The Labute approximate surface area is 104 Å². The molecule has 0 aromatic rings. The van der Waals surface area contributed by atoms with E-state index in [1.807, 2.05) is 34.6 Å². The molecule has 0 unspecified atom stereocenters. The molecule has 4 heteroatoms. The molecule has 0 bridgehead atoms. The van der Waals surface area contributed by atoms with E-state index in [1.54, 1.807) is 0 Å². The van der Waals surface area contributed by atoms with E-state index in [2.05, 4.69) is 5.32 Å². The Kier molecular flexibility index (Phi) is 4.55. The van der Waals surface area contributed by atoms with Gasteiger partial charge in [0.2, 0.25) is 0 Å². The Morgan fingerprint density at radius 1 is 1.41 bits per heavy atom. The van der Waals surface area contributed by atoms with E-state index < -0.39 is 11.1 Å². The molecule has 4 nitrogen and oxygen atoms in total. The second-order valence-corrected chi connectivity index (χ2v) is 5.97. The van der Waals surface area contributed by atoms with Crippen molar-refractivity contribution in [3.8, 4) is 0 Å². The van der Waals surface area contributed by atoms with Gasteiger partial charge in [-0.15, -0.1) is 0 Å². The molecule has 1 fully saturated rings. The molecule has 0 amide bonds. The Hall–Kier alpha value is -0.610. The summed E-state index contributed by atoms with van der Waals surface area (Å²) in [6, 6.07) is 0. The van der Waals surface area contributed by atoms with Crippen LogP contribution in [0.1, 0.15) is 47.5 Å². The lowest BCUT2D eigenvalue weighted by molar-refractivity contribution is -0.166. The SMILES string of the molecule is CC(C)OC[C@]1(C(=O)OC(C)(C)C)CCCN1. The number of hydrogen-bond donors (Lipinski definition) is 1. The lowest BCUT2D eigenvalue weighted by atomic mass is 9.98. The highest BCUT2D eigenvalue weighted by Gasteiger charge is 2.44. The molecule has 1 rings (SSSR count). The highest BCUT2D eigenvalue weighted by Crippen LogP contribution is 2.24. The van der Waals surface area contributed by atoms with E-state index in [4.69, 9.17) is 9.47 Å². The first kappa shape index (κ1) is 14.5. The summed E-state index contributed by atoms with van der Waals surface area (Å²) in [6.45, 7) is 10.8. The second-order valence-electron chi connectivity index (χ2n) is 5.97.